The smallest absolute Gasteiger partial charge is 0.251 e. The fourth-order valence-corrected chi connectivity index (χ4v) is 5.65. The zero-order valence-corrected chi connectivity index (χ0v) is 17.9. The summed E-state index contributed by atoms with van der Waals surface area (Å²) in [5, 5.41) is 13.1. The van der Waals surface area contributed by atoms with Gasteiger partial charge in [-0.05, 0) is 61.1 Å². The van der Waals surface area contributed by atoms with Gasteiger partial charge in [-0.2, -0.15) is 4.31 Å². The van der Waals surface area contributed by atoms with E-state index in [4.69, 9.17) is 0 Å². The third-order valence-electron chi connectivity index (χ3n) is 5.56. The standard InChI is InChI=1S/C22H28N2O4S/c1-4-24(5-2)29(27,28)21-14-16(13-12-15(21)3)22(26)23-19-10-6-9-18-17(19)8-7-11-20(18)25/h7-8,11-14,19,25H,4-6,9-10H2,1-3H3,(H,23,26)/t19-/m1/s1. The highest BCUT2D eigenvalue weighted by Gasteiger charge is 2.27. The first-order chi connectivity index (χ1) is 13.8. The number of carbonyl (C=O) groups excluding carboxylic acids is 1. The largest absolute Gasteiger partial charge is 0.508 e. The second kappa shape index (κ2) is 8.55. The highest BCUT2D eigenvalue weighted by Crippen LogP contribution is 2.35. The fourth-order valence-electron chi connectivity index (χ4n) is 3.94. The lowest BCUT2D eigenvalue weighted by molar-refractivity contribution is 0.0932. The number of hydrogen-bond donors (Lipinski definition) is 2. The number of hydrogen-bond acceptors (Lipinski definition) is 4. The van der Waals surface area contributed by atoms with Crippen LogP contribution in [0.25, 0.3) is 0 Å². The number of phenols is 1. The molecule has 3 rings (SSSR count). The van der Waals surface area contributed by atoms with Crippen LogP contribution in [-0.4, -0.2) is 36.8 Å². The molecular weight excluding hydrogens is 388 g/mol. The number of aryl methyl sites for hydroxylation is 1. The molecular formula is C22H28N2O4S. The quantitative estimate of drug-likeness (QED) is 0.754. The zero-order valence-electron chi connectivity index (χ0n) is 17.1. The maximum Gasteiger partial charge on any atom is 0.251 e. The number of carbonyl (C=O) groups is 1. The van der Waals surface area contributed by atoms with Crippen molar-refractivity contribution < 1.29 is 18.3 Å². The molecule has 1 aliphatic rings. The summed E-state index contributed by atoms with van der Waals surface area (Å²) in [5.74, 6) is -0.0634. The number of nitrogens with zero attached hydrogens (tertiary/aromatic N) is 1. The molecule has 7 heteroatoms. The summed E-state index contributed by atoms with van der Waals surface area (Å²) in [6.45, 7) is 6.07. The average Bonchev–Trinajstić information content (AvgIpc) is 2.69. The van der Waals surface area contributed by atoms with Crippen LogP contribution in [0.5, 0.6) is 5.75 Å². The Kier molecular flexibility index (Phi) is 6.29. The van der Waals surface area contributed by atoms with E-state index in [-0.39, 0.29) is 22.6 Å². The Balaban J connectivity index is 1.90. The molecule has 2 N–H and O–H groups in total. The molecule has 0 aromatic heterocycles. The van der Waals surface area contributed by atoms with E-state index in [0.29, 0.717) is 24.2 Å². The topological polar surface area (TPSA) is 86.7 Å². The van der Waals surface area contributed by atoms with Gasteiger partial charge in [0.15, 0.2) is 0 Å². The van der Waals surface area contributed by atoms with Crippen LogP contribution in [0, 0.1) is 6.92 Å². The molecule has 29 heavy (non-hydrogen) atoms. The molecule has 2 aromatic rings. The highest BCUT2D eigenvalue weighted by atomic mass is 32.2. The van der Waals surface area contributed by atoms with E-state index in [1.165, 1.54) is 10.4 Å². The molecule has 0 unspecified atom stereocenters. The first-order valence-electron chi connectivity index (χ1n) is 10.0. The Bertz CT molecular complexity index is 1010. The molecule has 0 spiro atoms. The molecule has 6 nitrogen and oxygen atoms in total. The van der Waals surface area contributed by atoms with Crippen LogP contribution in [0.4, 0.5) is 0 Å². The summed E-state index contributed by atoms with van der Waals surface area (Å²) in [6, 6.07) is 9.94. The van der Waals surface area contributed by atoms with Gasteiger partial charge in [0.1, 0.15) is 5.75 Å². The van der Waals surface area contributed by atoms with Crippen molar-refractivity contribution >= 4 is 15.9 Å². The number of rotatable bonds is 6. The number of benzene rings is 2. The Morgan fingerprint density at radius 1 is 1.21 bits per heavy atom. The van der Waals surface area contributed by atoms with Crippen molar-refractivity contribution in [2.45, 2.75) is 51.0 Å². The number of phenolic OH excluding ortho intramolecular Hbond substituents is 1. The van der Waals surface area contributed by atoms with Crippen LogP contribution in [0.1, 0.15) is 59.8 Å². The van der Waals surface area contributed by atoms with Gasteiger partial charge in [-0.15, -0.1) is 0 Å². The summed E-state index contributed by atoms with van der Waals surface area (Å²) in [6.07, 6.45) is 2.43. The van der Waals surface area contributed by atoms with E-state index in [1.807, 2.05) is 6.07 Å². The van der Waals surface area contributed by atoms with Crippen molar-refractivity contribution in [3.8, 4) is 5.75 Å². The molecule has 1 aliphatic carbocycles. The van der Waals surface area contributed by atoms with Crippen LogP contribution in [0.2, 0.25) is 0 Å². The predicted octanol–water partition coefficient (Wildman–Crippen LogP) is 3.54. The SMILES string of the molecule is CCN(CC)S(=O)(=O)c1cc(C(=O)N[C@@H]2CCCc3c(O)cccc32)ccc1C. The molecule has 156 valence electrons. The lowest BCUT2D eigenvalue weighted by atomic mass is 9.87. The van der Waals surface area contributed by atoms with Gasteiger partial charge in [-0.3, -0.25) is 4.79 Å². The van der Waals surface area contributed by atoms with E-state index < -0.39 is 10.0 Å². The third-order valence-corrected chi connectivity index (χ3v) is 7.75. The van der Waals surface area contributed by atoms with Crippen molar-refractivity contribution in [2.75, 3.05) is 13.1 Å². The summed E-state index contributed by atoms with van der Waals surface area (Å²) in [5.41, 5.74) is 2.72. The van der Waals surface area contributed by atoms with Gasteiger partial charge in [-0.25, -0.2) is 8.42 Å². The summed E-state index contributed by atoms with van der Waals surface area (Å²) < 4.78 is 27.3. The van der Waals surface area contributed by atoms with Crippen molar-refractivity contribution in [3.05, 3.63) is 58.7 Å². The summed E-state index contributed by atoms with van der Waals surface area (Å²) >= 11 is 0. The average molecular weight is 417 g/mol. The minimum Gasteiger partial charge on any atom is -0.508 e. The normalized spacial score (nSPS) is 16.5. The monoisotopic (exact) mass is 416 g/mol. The van der Waals surface area contributed by atoms with E-state index in [0.717, 1.165) is 30.4 Å². The molecule has 0 saturated carbocycles. The van der Waals surface area contributed by atoms with Gasteiger partial charge < -0.3 is 10.4 Å². The van der Waals surface area contributed by atoms with Gasteiger partial charge in [-0.1, -0.05) is 32.0 Å². The highest BCUT2D eigenvalue weighted by molar-refractivity contribution is 7.89. The van der Waals surface area contributed by atoms with E-state index in [9.17, 15) is 18.3 Å². The van der Waals surface area contributed by atoms with Gasteiger partial charge in [0, 0.05) is 18.7 Å². The molecule has 1 amide bonds. The zero-order chi connectivity index (χ0) is 21.2. The molecule has 0 heterocycles. The first-order valence-corrected chi connectivity index (χ1v) is 11.5. The Labute approximate surface area is 172 Å². The minimum atomic E-state index is -3.65. The van der Waals surface area contributed by atoms with Crippen LogP contribution < -0.4 is 5.32 Å². The molecule has 0 fully saturated rings. The lowest BCUT2D eigenvalue weighted by Gasteiger charge is -2.27. The number of nitrogens with one attached hydrogen (secondary N) is 1. The number of amides is 1. The van der Waals surface area contributed by atoms with Gasteiger partial charge in [0.25, 0.3) is 5.91 Å². The van der Waals surface area contributed by atoms with E-state index in [1.54, 1.807) is 45.0 Å². The van der Waals surface area contributed by atoms with Crippen molar-refractivity contribution in [1.82, 2.24) is 9.62 Å². The number of aromatic hydroxyl groups is 1. The molecule has 0 radical (unpaired) electrons. The van der Waals surface area contributed by atoms with E-state index >= 15 is 0 Å². The Morgan fingerprint density at radius 3 is 2.62 bits per heavy atom. The molecule has 0 aliphatic heterocycles. The second-order valence-corrected chi connectivity index (χ2v) is 9.24. The number of sulfonamides is 1. The maximum absolute atomic E-state index is 12.9. The summed E-state index contributed by atoms with van der Waals surface area (Å²) in [4.78, 5) is 13.1. The predicted molar refractivity (Wildman–Crippen MR) is 113 cm³/mol. The molecule has 0 saturated heterocycles. The Morgan fingerprint density at radius 2 is 1.93 bits per heavy atom. The fraction of sp³-hybridized carbons (Fsp3) is 0.409. The molecule has 0 bridgehead atoms. The third kappa shape index (κ3) is 4.16. The van der Waals surface area contributed by atoms with Crippen LogP contribution >= 0.6 is 0 Å². The van der Waals surface area contributed by atoms with Gasteiger partial charge in [0.05, 0.1) is 10.9 Å². The van der Waals surface area contributed by atoms with Crippen LogP contribution in [0.3, 0.4) is 0 Å². The van der Waals surface area contributed by atoms with Crippen LogP contribution in [-0.2, 0) is 16.4 Å². The Hall–Kier alpha value is -2.38. The van der Waals surface area contributed by atoms with Crippen molar-refractivity contribution in [2.24, 2.45) is 0 Å². The lowest BCUT2D eigenvalue weighted by Crippen LogP contribution is -2.32. The second-order valence-electron chi connectivity index (χ2n) is 7.33. The van der Waals surface area contributed by atoms with Crippen molar-refractivity contribution in [3.63, 3.8) is 0 Å². The van der Waals surface area contributed by atoms with Gasteiger partial charge >= 0.3 is 0 Å². The first kappa shape index (κ1) is 21.3. The maximum atomic E-state index is 12.9. The molecule has 1 atom stereocenters. The van der Waals surface area contributed by atoms with Crippen molar-refractivity contribution in [1.29, 1.82) is 0 Å². The van der Waals surface area contributed by atoms with Gasteiger partial charge in [0.2, 0.25) is 10.0 Å². The van der Waals surface area contributed by atoms with Crippen LogP contribution in [0.15, 0.2) is 41.3 Å². The minimum absolute atomic E-state index is 0.163. The van der Waals surface area contributed by atoms with E-state index in [2.05, 4.69) is 5.32 Å². The summed E-state index contributed by atoms with van der Waals surface area (Å²) in [7, 11) is -3.65. The molecule has 2 aromatic carbocycles. The number of fused-ring (bicyclic) bond motifs is 1.